The summed E-state index contributed by atoms with van der Waals surface area (Å²) in [7, 11) is 2.21. The molecule has 4 nitrogen and oxygen atoms in total. The largest absolute Gasteiger partial charge is 0.300 e. The lowest BCUT2D eigenvalue weighted by Gasteiger charge is -2.35. The lowest BCUT2D eigenvalue weighted by molar-refractivity contribution is 0.0755. The molecule has 3 rings (SSSR count). The molecule has 1 aromatic heterocycles. The molecule has 2 aliphatic rings. The topological polar surface area (TPSA) is 38.1 Å². The number of aryl methyl sites for hydroxylation is 1. The van der Waals surface area contributed by atoms with E-state index in [1.165, 1.54) is 12.8 Å². The van der Waals surface area contributed by atoms with E-state index in [2.05, 4.69) is 39.9 Å². The first-order valence-corrected chi connectivity index (χ1v) is 8.38. The standard InChI is InChI=1S/C15H22BrN3O/c1-3-6-19-14(13(16)9-17-19)15(20)10-7-11-4-5-12(8-10)18(11)2/h9-12H,3-8H2,1-2H3. The molecule has 3 heterocycles. The highest BCUT2D eigenvalue weighted by atomic mass is 79.9. The van der Waals surface area contributed by atoms with Crippen molar-refractivity contribution in [3.63, 3.8) is 0 Å². The highest BCUT2D eigenvalue weighted by Crippen LogP contribution is 2.39. The molecule has 0 aliphatic carbocycles. The number of fused-ring (bicyclic) bond motifs is 2. The van der Waals surface area contributed by atoms with Crippen LogP contribution in [-0.2, 0) is 6.54 Å². The number of hydrogen-bond acceptors (Lipinski definition) is 3. The maximum Gasteiger partial charge on any atom is 0.185 e. The molecular formula is C15H22BrN3O. The van der Waals surface area contributed by atoms with E-state index in [-0.39, 0.29) is 11.7 Å². The zero-order valence-electron chi connectivity index (χ0n) is 12.2. The van der Waals surface area contributed by atoms with E-state index in [1.807, 2.05) is 4.68 Å². The van der Waals surface area contributed by atoms with Crippen LogP contribution in [0, 0.1) is 5.92 Å². The van der Waals surface area contributed by atoms with Crippen molar-refractivity contribution in [1.29, 1.82) is 0 Å². The first kappa shape index (κ1) is 14.3. The minimum atomic E-state index is 0.173. The van der Waals surface area contributed by atoms with Crippen LogP contribution >= 0.6 is 15.9 Å². The fourth-order valence-corrected chi connectivity index (χ4v) is 4.30. The lowest BCUT2D eigenvalue weighted by Crippen LogP contribution is -2.42. The Hall–Kier alpha value is -0.680. The van der Waals surface area contributed by atoms with Crippen molar-refractivity contribution < 1.29 is 4.79 Å². The second-order valence-electron chi connectivity index (χ2n) is 6.15. The first-order valence-electron chi connectivity index (χ1n) is 7.59. The molecule has 0 aromatic carbocycles. The van der Waals surface area contributed by atoms with Crippen molar-refractivity contribution in [1.82, 2.24) is 14.7 Å². The monoisotopic (exact) mass is 339 g/mol. The van der Waals surface area contributed by atoms with Crippen LogP contribution in [0.2, 0.25) is 0 Å². The number of ketones is 1. The second kappa shape index (κ2) is 5.60. The predicted molar refractivity (Wildman–Crippen MR) is 81.8 cm³/mol. The molecule has 2 fully saturated rings. The normalized spacial score (nSPS) is 29.9. The Morgan fingerprint density at radius 1 is 1.40 bits per heavy atom. The van der Waals surface area contributed by atoms with Crippen molar-refractivity contribution in [3.8, 4) is 0 Å². The van der Waals surface area contributed by atoms with Crippen LogP contribution in [0.25, 0.3) is 0 Å². The Morgan fingerprint density at radius 3 is 2.65 bits per heavy atom. The highest BCUT2D eigenvalue weighted by molar-refractivity contribution is 9.10. The van der Waals surface area contributed by atoms with Crippen molar-refractivity contribution in [2.24, 2.45) is 5.92 Å². The third kappa shape index (κ3) is 2.35. The molecule has 1 aromatic rings. The molecule has 2 aliphatic heterocycles. The van der Waals surface area contributed by atoms with Gasteiger partial charge in [0.25, 0.3) is 0 Å². The van der Waals surface area contributed by atoms with E-state index in [4.69, 9.17) is 0 Å². The van der Waals surface area contributed by atoms with Gasteiger partial charge in [-0.1, -0.05) is 6.92 Å². The van der Waals surface area contributed by atoms with Crippen molar-refractivity contribution in [3.05, 3.63) is 16.4 Å². The summed E-state index contributed by atoms with van der Waals surface area (Å²) >= 11 is 3.50. The van der Waals surface area contributed by atoms with E-state index in [0.29, 0.717) is 12.1 Å². The van der Waals surface area contributed by atoms with Gasteiger partial charge in [-0.05, 0) is 55.1 Å². The fraction of sp³-hybridized carbons (Fsp3) is 0.733. The van der Waals surface area contributed by atoms with Crippen LogP contribution in [-0.4, -0.2) is 39.6 Å². The summed E-state index contributed by atoms with van der Waals surface area (Å²) in [6.45, 7) is 2.92. The highest BCUT2D eigenvalue weighted by Gasteiger charge is 2.41. The predicted octanol–water partition coefficient (Wildman–Crippen LogP) is 3.11. The van der Waals surface area contributed by atoms with Crippen LogP contribution in [0.15, 0.2) is 10.7 Å². The van der Waals surface area contributed by atoms with Crippen LogP contribution in [0.4, 0.5) is 0 Å². The number of carbonyl (C=O) groups excluding carboxylic acids is 1. The molecule has 2 bridgehead atoms. The molecule has 0 N–H and O–H groups in total. The number of rotatable bonds is 4. The summed E-state index contributed by atoms with van der Waals surface area (Å²) in [6, 6.07) is 1.20. The maximum atomic E-state index is 12.9. The molecule has 110 valence electrons. The smallest absolute Gasteiger partial charge is 0.185 e. The molecule has 20 heavy (non-hydrogen) atoms. The molecule has 2 saturated heterocycles. The van der Waals surface area contributed by atoms with Gasteiger partial charge >= 0.3 is 0 Å². The Labute approximate surface area is 128 Å². The molecular weight excluding hydrogens is 318 g/mol. The van der Waals surface area contributed by atoms with Gasteiger partial charge in [0.05, 0.1) is 10.7 Å². The summed E-state index contributed by atoms with van der Waals surface area (Å²) in [5, 5.41) is 4.33. The summed E-state index contributed by atoms with van der Waals surface area (Å²) < 4.78 is 2.72. The number of carbonyl (C=O) groups is 1. The first-order chi connectivity index (χ1) is 9.61. The van der Waals surface area contributed by atoms with Crippen LogP contribution in [0.3, 0.4) is 0 Å². The molecule has 2 atom stereocenters. The minimum absolute atomic E-state index is 0.173. The zero-order valence-corrected chi connectivity index (χ0v) is 13.8. The summed E-state index contributed by atoms with van der Waals surface area (Å²) in [5.74, 6) is 0.458. The quantitative estimate of drug-likeness (QED) is 0.791. The average molecular weight is 340 g/mol. The van der Waals surface area contributed by atoms with Gasteiger partial charge in [-0.3, -0.25) is 9.48 Å². The Kier molecular flexibility index (Phi) is 4.00. The van der Waals surface area contributed by atoms with E-state index < -0.39 is 0 Å². The Balaban J connectivity index is 1.81. The van der Waals surface area contributed by atoms with E-state index >= 15 is 0 Å². The van der Waals surface area contributed by atoms with E-state index in [9.17, 15) is 4.79 Å². The van der Waals surface area contributed by atoms with Gasteiger partial charge in [0, 0.05) is 24.5 Å². The molecule has 0 saturated carbocycles. The number of nitrogens with zero attached hydrogens (tertiary/aromatic N) is 3. The summed E-state index contributed by atoms with van der Waals surface area (Å²) in [5.41, 5.74) is 0.779. The number of Topliss-reactive ketones (excluding diaryl/α,β-unsaturated/α-hetero) is 1. The number of piperidine rings is 1. The van der Waals surface area contributed by atoms with Gasteiger partial charge in [-0.2, -0.15) is 5.10 Å². The Bertz CT molecular complexity index is 499. The minimum Gasteiger partial charge on any atom is -0.300 e. The van der Waals surface area contributed by atoms with E-state index in [1.54, 1.807) is 6.20 Å². The number of hydrogen-bond donors (Lipinski definition) is 0. The van der Waals surface area contributed by atoms with Gasteiger partial charge in [0.15, 0.2) is 5.78 Å². The second-order valence-corrected chi connectivity index (χ2v) is 7.00. The summed E-state index contributed by atoms with van der Waals surface area (Å²) in [6.07, 6.45) is 7.27. The summed E-state index contributed by atoms with van der Waals surface area (Å²) in [4.78, 5) is 15.4. The SMILES string of the molecule is CCCn1ncc(Br)c1C(=O)C1CC2CCC(C1)N2C. The molecule has 2 unspecified atom stereocenters. The van der Waals surface area contributed by atoms with Crippen molar-refractivity contribution >= 4 is 21.7 Å². The number of halogens is 1. The van der Waals surface area contributed by atoms with Gasteiger partial charge in [-0.25, -0.2) is 0 Å². The lowest BCUT2D eigenvalue weighted by atomic mass is 9.86. The third-order valence-electron chi connectivity index (χ3n) is 4.93. The van der Waals surface area contributed by atoms with Gasteiger partial charge in [0.1, 0.15) is 5.69 Å². The van der Waals surface area contributed by atoms with Crippen LogP contribution in [0.5, 0.6) is 0 Å². The average Bonchev–Trinajstić information content (AvgIpc) is 2.86. The maximum absolute atomic E-state index is 12.9. The van der Waals surface area contributed by atoms with Gasteiger partial charge in [0.2, 0.25) is 0 Å². The molecule has 0 spiro atoms. The number of aromatic nitrogens is 2. The van der Waals surface area contributed by atoms with Crippen LogP contribution < -0.4 is 0 Å². The Morgan fingerprint density at radius 2 is 2.05 bits per heavy atom. The van der Waals surface area contributed by atoms with Crippen LogP contribution in [0.1, 0.15) is 49.5 Å². The van der Waals surface area contributed by atoms with Crippen molar-refractivity contribution in [2.45, 2.75) is 57.7 Å². The zero-order chi connectivity index (χ0) is 14.3. The van der Waals surface area contributed by atoms with E-state index in [0.717, 1.165) is 36.0 Å². The fourth-order valence-electron chi connectivity index (χ4n) is 3.81. The molecule has 5 heteroatoms. The van der Waals surface area contributed by atoms with Crippen molar-refractivity contribution in [2.75, 3.05) is 7.05 Å². The molecule has 0 radical (unpaired) electrons. The van der Waals surface area contributed by atoms with Gasteiger partial charge in [-0.15, -0.1) is 0 Å². The molecule has 0 amide bonds. The third-order valence-corrected chi connectivity index (χ3v) is 5.51. The van der Waals surface area contributed by atoms with Gasteiger partial charge < -0.3 is 4.90 Å².